The summed E-state index contributed by atoms with van der Waals surface area (Å²) in [5.74, 6) is -0.762. The number of ketones is 3. The van der Waals surface area contributed by atoms with Crippen LogP contribution in [0, 0.1) is 10.8 Å². The van der Waals surface area contributed by atoms with Crippen LogP contribution < -0.4 is 4.90 Å². The van der Waals surface area contributed by atoms with Crippen molar-refractivity contribution in [3.63, 3.8) is 0 Å². The highest BCUT2D eigenvalue weighted by molar-refractivity contribution is 6.32. The van der Waals surface area contributed by atoms with Crippen LogP contribution in [-0.2, 0) is 4.79 Å². The van der Waals surface area contributed by atoms with Gasteiger partial charge in [-0.05, 0) is 40.8 Å². The first-order valence-corrected chi connectivity index (χ1v) is 13.9. The molecule has 3 aliphatic rings. The van der Waals surface area contributed by atoms with Gasteiger partial charge in [-0.3, -0.25) is 14.4 Å². The molecule has 3 atom stereocenters. The molecule has 39 heavy (non-hydrogen) atoms. The SMILES string of the molecule is CC(C)c1ccc([C@H]2[C@H](C(=O)C(C)(C)C)N3c4ccc(Cl)cc4C=CC3C23C(=O)c2ccccc2C3=O)cc1. The van der Waals surface area contributed by atoms with Gasteiger partial charge in [0.2, 0.25) is 0 Å². The van der Waals surface area contributed by atoms with E-state index in [-0.39, 0.29) is 17.3 Å². The Hall–Kier alpha value is -3.50. The minimum absolute atomic E-state index is 0.00457. The second kappa shape index (κ2) is 8.76. The number of carbonyl (C=O) groups excluding carboxylic acids is 3. The van der Waals surface area contributed by atoms with E-state index in [1.165, 1.54) is 0 Å². The van der Waals surface area contributed by atoms with Crippen LogP contribution in [0.1, 0.15) is 83.9 Å². The van der Waals surface area contributed by atoms with Crippen LogP contribution in [0.2, 0.25) is 5.02 Å². The van der Waals surface area contributed by atoms with E-state index in [1.807, 2.05) is 62.1 Å². The smallest absolute Gasteiger partial charge is 0.180 e. The van der Waals surface area contributed by atoms with E-state index in [4.69, 9.17) is 11.6 Å². The van der Waals surface area contributed by atoms with E-state index in [9.17, 15) is 14.4 Å². The number of Topliss-reactive ketones (excluding diaryl/α,β-unsaturated/α-hetero) is 3. The van der Waals surface area contributed by atoms with Crippen molar-refractivity contribution in [1.82, 2.24) is 0 Å². The fourth-order valence-electron chi connectivity index (χ4n) is 6.85. The Morgan fingerprint density at radius 1 is 0.923 bits per heavy atom. The summed E-state index contributed by atoms with van der Waals surface area (Å²) in [5, 5.41) is 0.589. The molecule has 1 saturated heterocycles. The molecule has 198 valence electrons. The molecule has 2 aliphatic heterocycles. The molecule has 0 bridgehead atoms. The first-order chi connectivity index (χ1) is 18.5. The number of hydrogen-bond acceptors (Lipinski definition) is 4. The maximum Gasteiger partial charge on any atom is 0.180 e. The third-order valence-electron chi connectivity index (χ3n) is 8.74. The minimum atomic E-state index is -1.47. The Morgan fingerprint density at radius 3 is 2.10 bits per heavy atom. The predicted octanol–water partition coefficient (Wildman–Crippen LogP) is 7.51. The van der Waals surface area contributed by atoms with Crippen molar-refractivity contribution < 1.29 is 14.4 Å². The van der Waals surface area contributed by atoms with E-state index < -0.39 is 28.8 Å². The number of anilines is 1. The Bertz CT molecular complexity index is 1520. The molecule has 2 heterocycles. The number of nitrogens with zero attached hydrogens (tertiary/aromatic N) is 1. The number of carbonyl (C=O) groups is 3. The van der Waals surface area contributed by atoms with Crippen LogP contribution in [-0.4, -0.2) is 29.4 Å². The molecule has 0 N–H and O–H groups in total. The summed E-state index contributed by atoms with van der Waals surface area (Å²) in [5.41, 5.74) is 2.36. The van der Waals surface area contributed by atoms with Gasteiger partial charge in [0.15, 0.2) is 17.3 Å². The highest BCUT2D eigenvalue weighted by Gasteiger charge is 2.71. The number of rotatable bonds is 3. The van der Waals surface area contributed by atoms with Gasteiger partial charge < -0.3 is 4.90 Å². The van der Waals surface area contributed by atoms with Gasteiger partial charge >= 0.3 is 0 Å². The van der Waals surface area contributed by atoms with Gasteiger partial charge in [-0.15, -0.1) is 0 Å². The summed E-state index contributed by atoms with van der Waals surface area (Å²) in [6.07, 6.45) is 3.88. The van der Waals surface area contributed by atoms with Crippen LogP contribution in [0.5, 0.6) is 0 Å². The highest BCUT2D eigenvalue weighted by Crippen LogP contribution is 2.61. The van der Waals surface area contributed by atoms with Gasteiger partial charge in [-0.2, -0.15) is 0 Å². The van der Waals surface area contributed by atoms with Crippen LogP contribution >= 0.6 is 11.6 Å². The third-order valence-corrected chi connectivity index (χ3v) is 8.97. The standard InChI is InChI=1S/C34H32ClNO3/c1-19(2)20-10-12-21(13-11-20)28-29(32(39)33(3,4)5)36-26-16-15-23(35)18-22(26)14-17-27(36)34(28)30(37)24-8-6-7-9-25(24)31(34)38/h6-19,27-29H,1-5H3/t27?,28-,29+/m0/s1. The molecule has 6 rings (SSSR count). The lowest BCUT2D eigenvalue weighted by molar-refractivity contribution is -0.127. The molecule has 0 aromatic heterocycles. The second-order valence-electron chi connectivity index (χ2n) is 12.3. The molecular weight excluding hydrogens is 506 g/mol. The van der Waals surface area contributed by atoms with E-state index in [1.54, 1.807) is 30.3 Å². The van der Waals surface area contributed by atoms with Crippen LogP contribution in [0.4, 0.5) is 5.69 Å². The van der Waals surface area contributed by atoms with E-state index in [2.05, 4.69) is 26.0 Å². The van der Waals surface area contributed by atoms with Crippen molar-refractivity contribution >= 4 is 40.7 Å². The molecule has 3 aromatic carbocycles. The predicted molar refractivity (Wildman–Crippen MR) is 156 cm³/mol. The van der Waals surface area contributed by atoms with Gasteiger partial charge in [0.05, 0.1) is 12.1 Å². The summed E-state index contributed by atoms with van der Waals surface area (Å²) >= 11 is 6.36. The van der Waals surface area contributed by atoms with Crippen molar-refractivity contribution in [2.75, 3.05) is 4.90 Å². The lowest BCUT2D eigenvalue weighted by atomic mass is 9.63. The Balaban J connectivity index is 1.68. The van der Waals surface area contributed by atoms with E-state index in [0.717, 1.165) is 22.4 Å². The average molecular weight is 538 g/mol. The summed E-state index contributed by atoms with van der Waals surface area (Å²) in [6, 6.07) is 19.5. The highest BCUT2D eigenvalue weighted by atomic mass is 35.5. The van der Waals surface area contributed by atoms with Crippen molar-refractivity contribution in [2.24, 2.45) is 10.8 Å². The summed E-state index contributed by atoms with van der Waals surface area (Å²) < 4.78 is 0. The number of benzene rings is 3. The van der Waals surface area contributed by atoms with Gasteiger partial charge in [0, 0.05) is 33.2 Å². The molecule has 1 spiro atoms. The molecule has 4 nitrogen and oxygen atoms in total. The lowest BCUT2D eigenvalue weighted by Crippen LogP contribution is -2.49. The maximum absolute atomic E-state index is 14.6. The van der Waals surface area contributed by atoms with Crippen LogP contribution in [0.15, 0.2) is 72.8 Å². The topological polar surface area (TPSA) is 54.5 Å². The Morgan fingerprint density at radius 2 is 1.54 bits per heavy atom. The largest absolute Gasteiger partial charge is 0.352 e. The van der Waals surface area contributed by atoms with E-state index in [0.29, 0.717) is 22.1 Å². The molecule has 1 fully saturated rings. The van der Waals surface area contributed by atoms with Crippen molar-refractivity contribution in [3.8, 4) is 0 Å². The average Bonchev–Trinajstić information content (AvgIpc) is 3.33. The lowest BCUT2D eigenvalue weighted by Gasteiger charge is -2.38. The number of halogens is 1. The second-order valence-corrected chi connectivity index (χ2v) is 12.8. The van der Waals surface area contributed by atoms with Crippen molar-refractivity contribution in [2.45, 2.75) is 58.5 Å². The van der Waals surface area contributed by atoms with Crippen LogP contribution in [0.25, 0.3) is 6.08 Å². The number of fused-ring (bicyclic) bond motifs is 5. The normalized spacial score (nSPS) is 22.8. The quantitative estimate of drug-likeness (QED) is 0.324. The van der Waals surface area contributed by atoms with Crippen molar-refractivity contribution in [1.29, 1.82) is 0 Å². The molecule has 1 unspecified atom stereocenters. The first-order valence-electron chi connectivity index (χ1n) is 13.6. The van der Waals surface area contributed by atoms with Gasteiger partial charge in [0.25, 0.3) is 0 Å². The van der Waals surface area contributed by atoms with E-state index >= 15 is 0 Å². The Kier molecular flexibility index (Phi) is 5.78. The maximum atomic E-state index is 14.6. The van der Waals surface area contributed by atoms with Crippen LogP contribution in [0.3, 0.4) is 0 Å². The Labute approximate surface area is 234 Å². The van der Waals surface area contributed by atoms with Gasteiger partial charge in [0.1, 0.15) is 5.41 Å². The third kappa shape index (κ3) is 3.54. The zero-order valence-corrected chi connectivity index (χ0v) is 23.6. The molecule has 0 amide bonds. The summed E-state index contributed by atoms with van der Waals surface area (Å²) in [7, 11) is 0. The zero-order valence-electron chi connectivity index (χ0n) is 22.9. The molecule has 0 saturated carbocycles. The first kappa shape index (κ1) is 25.8. The van der Waals surface area contributed by atoms with Gasteiger partial charge in [-0.1, -0.05) is 107 Å². The summed E-state index contributed by atoms with van der Waals surface area (Å²) in [6.45, 7) is 9.98. The minimum Gasteiger partial charge on any atom is -0.352 e. The molecular formula is C34H32ClNO3. The van der Waals surface area contributed by atoms with Crippen molar-refractivity contribution in [3.05, 3.63) is 106 Å². The fourth-order valence-corrected chi connectivity index (χ4v) is 7.03. The monoisotopic (exact) mass is 537 g/mol. The molecule has 1 aliphatic carbocycles. The molecule has 5 heteroatoms. The van der Waals surface area contributed by atoms with Gasteiger partial charge in [-0.25, -0.2) is 0 Å². The number of hydrogen-bond donors (Lipinski definition) is 0. The molecule has 3 aromatic rings. The zero-order chi connectivity index (χ0) is 27.9. The molecule has 0 radical (unpaired) electrons. The summed E-state index contributed by atoms with van der Waals surface area (Å²) in [4.78, 5) is 45.7. The fraction of sp³-hybridized carbons (Fsp3) is 0.324.